The minimum Gasteiger partial charge on any atom is -0.495 e. The van der Waals surface area contributed by atoms with E-state index in [1.807, 2.05) is 12.1 Å². The van der Waals surface area contributed by atoms with Crippen LogP contribution in [0.15, 0.2) is 47.4 Å². The van der Waals surface area contributed by atoms with E-state index in [9.17, 15) is 13.2 Å². The molecule has 7 nitrogen and oxygen atoms in total. The van der Waals surface area contributed by atoms with E-state index in [4.69, 9.17) is 4.74 Å². The van der Waals surface area contributed by atoms with E-state index in [-0.39, 0.29) is 28.2 Å². The van der Waals surface area contributed by atoms with Gasteiger partial charge in [-0.2, -0.15) is 0 Å². The van der Waals surface area contributed by atoms with Crippen molar-refractivity contribution in [3.63, 3.8) is 0 Å². The highest BCUT2D eigenvalue weighted by Gasteiger charge is 2.26. The van der Waals surface area contributed by atoms with E-state index in [1.54, 1.807) is 6.07 Å². The monoisotopic (exact) mass is 471 g/mol. The van der Waals surface area contributed by atoms with Gasteiger partial charge in [0.2, 0.25) is 10.0 Å². The van der Waals surface area contributed by atoms with Gasteiger partial charge in [0, 0.05) is 24.7 Å². The van der Waals surface area contributed by atoms with Crippen LogP contribution in [0.2, 0.25) is 0 Å². The fraction of sp³-hybridized carbons (Fsp3) is 0.480. The zero-order valence-corrected chi connectivity index (χ0v) is 20.0. The van der Waals surface area contributed by atoms with Crippen LogP contribution in [0.1, 0.15) is 60.0 Å². The van der Waals surface area contributed by atoms with Gasteiger partial charge in [-0.3, -0.25) is 9.69 Å². The number of carbonyl (C=O) groups excluding carboxylic acids is 1. The maximum atomic E-state index is 13.0. The summed E-state index contributed by atoms with van der Waals surface area (Å²) in [6, 6.07) is 12.7. The van der Waals surface area contributed by atoms with Gasteiger partial charge in [0.25, 0.3) is 5.91 Å². The number of nitrogens with zero attached hydrogens (tertiary/aromatic N) is 1. The average molecular weight is 472 g/mol. The fourth-order valence-electron chi connectivity index (χ4n) is 4.60. The van der Waals surface area contributed by atoms with Crippen LogP contribution in [0, 0.1) is 0 Å². The smallest absolute Gasteiger partial charge is 0.251 e. The van der Waals surface area contributed by atoms with Gasteiger partial charge >= 0.3 is 0 Å². The summed E-state index contributed by atoms with van der Waals surface area (Å²) in [5, 5.41) is 2.89. The molecule has 0 radical (unpaired) electrons. The Balaban J connectivity index is 1.40. The molecule has 1 aliphatic heterocycles. The number of hydrogen-bond acceptors (Lipinski definition) is 5. The third-order valence-electron chi connectivity index (χ3n) is 6.47. The molecule has 2 aromatic rings. The molecular formula is C25H33N3O4S. The lowest BCUT2D eigenvalue weighted by atomic mass is 10.1. The summed E-state index contributed by atoms with van der Waals surface area (Å²) in [6.07, 6.45) is 6.25. The van der Waals surface area contributed by atoms with E-state index in [1.165, 1.54) is 37.6 Å². The Morgan fingerprint density at radius 2 is 1.67 bits per heavy atom. The number of ether oxygens (including phenoxy) is 1. The molecule has 4 rings (SSSR count). The van der Waals surface area contributed by atoms with Crippen molar-refractivity contribution in [2.24, 2.45) is 0 Å². The van der Waals surface area contributed by atoms with Crippen LogP contribution in [0.4, 0.5) is 0 Å². The van der Waals surface area contributed by atoms with Crippen molar-refractivity contribution in [1.29, 1.82) is 0 Å². The number of rotatable bonds is 9. The molecule has 1 saturated carbocycles. The molecule has 1 saturated heterocycles. The van der Waals surface area contributed by atoms with Crippen LogP contribution in [-0.2, 0) is 23.1 Å². The SMILES string of the molecule is COc1ccc(C(=O)NCc2ccc(CN3CCCC3)cc2)cc1S(=O)(=O)NC1CCCC1. The van der Waals surface area contributed by atoms with Gasteiger partial charge in [-0.1, -0.05) is 37.1 Å². The molecule has 2 aliphatic rings. The van der Waals surface area contributed by atoms with Crippen molar-refractivity contribution in [1.82, 2.24) is 14.9 Å². The highest BCUT2D eigenvalue weighted by Crippen LogP contribution is 2.27. The predicted molar refractivity (Wildman–Crippen MR) is 128 cm³/mol. The molecule has 178 valence electrons. The number of hydrogen-bond donors (Lipinski definition) is 2. The van der Waals surface area contributed by atoms with Crippen LogP contribution in [-0.4, -0.2) is 45.5 Å². The number of likely N-dealkylation sites (tertiary alicyclic amines) is 1. The van der Waals surface area contributed by atoms with E-state index >= 15 is 0 Å². The summed E-state index contributed by atoms with van der Waals surface area (Å²) in [5.74, 6) is -0.0956. The third kappa shape index (κ3) is 6.13. The molecule has 2 fully saturated rings. The molecule has 1 aliphatic carbocycles. The average Bonchev–Trinajstić information content (AvgIpc) is 3.52. The van der Waals surface area contributed by atoms with E-state index in [0.29, 0.717) is 6.54 Å². The second kappa shape index (κ2) is 10.7. The van der Waals surface area contributed by atoms with Crippen LogP contribution in [0.5, 0.6) is 5.75 Å². The Hall–Kier alpha value is -2.42. The third-order valence-corrected chi connectivity index (χ3v) is 8.01. The zero-order valence-electron chi connectivity index (χ0n) is 19.2. The summed E-state index contributed by atoms with van der Waals surface area (Å²) in [7, 11) is -2.36. The Bertz CT molecular complexity index is 1060. The molecule has 0 unspecified atom stereocenters. The standard InChI is InChI=1S/C25H33N3O4S/c1-32-23-13-12-21(16-24(23)33(30,31)27-22-6-2-3-7-22)25(29)26-17-19-8-10-20(11-9-19)18-28-14-4-5-15-28/h8-13,16,22,27H,2-7,14-15,17-18H2,1H3,(H,26,29). The lowest BCUT2D eigenvalue weighted by molar-refractivity contribution is 0.0950. The summed E-state index contributed by atoms with van der Waals surface area (Å²) in [5.41, 5.74) is 2.55. The molecule has 1 heterocycles. The normalized spacial score (nSPS) is 17.4. The number of carbonyl (C=O) groups is 1. The molecule has 8 heteroatoms. The first-order chi connectivity index (χ1) is 15.9. The molecule has 1 amide bonds. The first kappa shape index (κ1) is 23.7. The van der Waals surface area contributed by atoms with Gasteiger partial charge in [0.05, 0.1) is 7.11 Å². The lowest BCUT2D eigenvalue weighted by Gasteiger charge is -2.16. The largest absolute Gasteiger partial charge is 0.495 e. The van der Waals surface area contributed by atoms with Gasteiger partial charge < -0.3 is 10.1 Å². The molecule has 2 N–H and O–H groups in total. The molecule has 0 bridgehead atoms. The number of nitrogens with one attached hydrogen (secondary N) is 2. The van der Waals surface area contributed by atoms with Crippen LogP contribution >= 0.6 is 0 Å². The molecular weight excluding hydrogens is 438 g/mol. The van der Waals surface area contributed by atoms with Gasteiger partial charge in [-0.15, -0.1) is 0 Å². The Kier molecular flexibility index (Phi) is 7.67. The van der Waals surface area contributed by atoms with Gasteiger partial charge in [0.1, 0.15) is 10.6 Å². The quantitative estimate of drug-likeness (QED) is 0.585. The molecule has 0 aromatic heterocycles. The van der Waals surface area contributed by atoms with Crippen LogP contribution < -0.4 is 14.8 Å². The number of sulfonamides is 1. The highest BCUT2D eigenvalue weighted by molar-refractivity contribution is 7.89. The summed E-state index contributed by atoms with van der Waals surface area (Å²) < 4.78 is 33.9. The van der Waals surface area contributed by atoms with Crippen molar-refractivity contribution in [3.8, 4) is 5.75 Å². The highest BCUT2D eigenvalue weighted by atomic mass is 32.2. The number of benzene rings is 2. The minimum absolute atomic E-state index is 0.00387. The second-order valence-corrected chi connectivity index (χ2v) is 10.6. The van der Waals surface area contributed by atoms with Crippen molar-refractivity contribution < 1.29 is 17.9 Å². The zero-order chi connectivity index (χ0) is 23.3. The first-order valence-electron chi connectivity index (χ1n) is 11.7. The van der Waals surface area contributed by atoms with Gasteiger partial charge in [0.15, 0.2) is 0 Å². The lowest BCUT2D eigenvalue weighted by Crippen LogP contribution is -2.33. The number of amides is 1. The van der Waals surface area contributed by atoms with Gasteiger partial charge in [-0.25, -0.2) is 13.1 Å². The summed E-state index contributed by atoms with van der Waals surface area (Å²) in [4.78, 5) is 15.2. The second-order valence-electron chi connectivity index (χ2n) is 8.95. The van der Waals surface area contributed by atoms with Gasteiger partial charge in [-0.05, 0) is 68.1 Å². The maximum Gasteiger partial charge on any atom is 0.251 e. The van der Waals surface area contributed by atoms with Crippen molar-refractivity contribution in [2.45, 2.75) is 62.6 Å². The first-order valence-corrected chi connectivity index (χ1v) is 13.2. The fourth-order valence-corrected chi connectivity index (χ4v) is 6.10. The minimum atomic E-state index is -3.78. The van der Waals surface area contributed by atoms with E-state index in [2.05, 4.69) is 27.1 Å². The molecule has 0 spiro atoms. The van der Waals surface area contributed by atoms with Crippen LogP contribution in [0.25, 0.3) is 0 Å². The van der Waals surface area contributed by atoms with E-state index in [0.717, 1.165) is 50.9 Å². The maximum absolute atomic E-state index is 13.0. The van der Waals surface area contributed by atoms with Crippen molar-refractivity contribution in [2.75, 3.05) is 20.2 Å². The molecule has 33 heavy (non-hydrogen) atoms. The van der Waals surface area contributed by atoms with E-state index < -0.39 is 10.0 Å². The molecule has 0 atom stereocenters. The van der Waals surface area contributed by atoms with Crippen molar-refractivity contribution >= 4 is 15.9 Å². The Morgan fingerprint density at radius 1 is 1.00 bits per heavy atom. The Labute approximate surface area is 196 Å². The number of methoxy groups -OCH3 is 1. The topological polar surface area (TPSA) is 87.7 Å². The molecule has 2 aromatic carbocycles. The van der Waals surface area contributed by atoms with Crippen molar-refractivity contribution in [3.05, 3.63) is 59.2 Å². The Morgan fingerprint density at radius 3 is 2.33 bits per heavy atom. The summed E-state index contributed by atoms with van der Waals surface area (Å²) >= 11 is 0. The predicted octanol–water partition coefficient (Wildman–Crippen LogP) is 3.44. The van der Waals surface area contributed by atoms with Crippen LogP contribution in [0.3, 0.4) is 0 Å². The summed E-state index contributed by atoms with van der Waals surface area (Å²) in [6.45, 7) is 3.66.